The number of hydrogen-bond donors (Lipinski definition) is 1. The van der Waals surface area contributed by atoms with Gasteiger partial charge in [-0.15, -0.1) is 0 Å². The first-order chi connectivity index (χ1) is 14.4. The van der Waals surface area contributed by atoms with Crippen molar-refractivity contribution in [2.45, 2.75) is 31.0 Å². The minimum atomic E-state index is -3.71. The Labute approximate surface area is 177 Å². The molecule has 0 atom stereocenters. The highest BCUT2D eigenvalue weighted by Gasteiger charge is 2.32. The number of amides is 1. The molecule has 0 radical (unpaired) electrons. The first-order valence-corrected chi connectivity index (χ1v) is 11.6. The van der Waals surface area contributed by atoms with Crippen LogP contribution in [0.25, 0.3) is 0 Å². The van der Waals surface area contributed by atoms with Crippen LogP contribution in [0.2, 0.25) is 0 Å². The molecule has 7 nitrogen and oxygen atoms in total. The molecular formula is C22H26N2O5S. The van der Waals surface area contributed by atoms with Crippen molar-refractivity contribution in [1.82, 2.24) is 4.90 Å². The largest absolute Gasteiger partial charge is 0.350 e. The number of rotatable bonds is 5. The zero-order valence-corrected chi connectivity index (χ0v) is 17.7. The molecule has 0 bridgehead atoms. The zero-order valence-electron chi connectivity index (χ0n) is 16.9. The molecule has 160 valence electrons. The molecule has 4 rings (SSSR count). The van der Waals surface area contributed by atoms with Gasteiger partial charge >= 0.3 is 0 Å². The topological polar surface area (TPSA) is 84.9 Å². The number of sulfonamides is 1. The molecule has 0 aromatic heterocycles. The van der Waals surface area contributed by atoms with Gasteiger partial charge in [-0.3, -0.25) is 9.52 Å². The summed E-state index contributed by atoms with van der Waals surface area (Å²) in [5, 5.41) is 0. The van der Waals surface area contributed by atoms with E-state index < -0.39 is 10.0 Å². The Bertz CT molecular complexity index is 975. The van der Waals surface area contributed by atoms with E-state index in [0.29, 0.717) is 43.5 Å². The summed E-state index contributed by atoms with van der Waals surface area (Å²) in [6.45, 7) is 4.49. The maximum atomic E-state index is 12.8. The van der Waals surface area contributed by atoms with Crippen LogP contribution in [-0.2, 0) is 19.5 Å². The van der Waals surface area contributed by atoms with E-state index in [9.17, 15) is 13.2 Å². The van der Waals surface area contributed by atoms with Crippen molar-refractivity contribution in [1.29, 1.82) is 0 Å². The van der Waals surface area contributed by atoms with Crippen LogP contribution in [0.15, 0.2) is 53.4 Å². The Morgan fingerprint density at radius 3 is 2.17 bits per heavy atom. The molecule has 2 aliphatic heterocycles. The Hall–Kier alpha value is -2.42. The van der Waals surface area contributed by atoms with E-state index in [1.54, 1.807) is 29.2 Å². The van der Waals surface area contributed by atoms with Gasteiger partial charge in [0.2, 0.25) is 0 Å². The molecule has 1 N–H and O–H groups in total. The third kappa shape index (κ3) is 4.66. The SMILES string of the molecule is Cc1ccc(NS(=O)(=O)c2ccc(C(=O)N3CCC(C4OCCO4)CC3)cc2)cc1. The zero-order chi connectivity index (χ0) is 21.1. The van der Waals surface area contributed by atoms with Crippen LogP contribution in [0.5, 0.6) is 0 Å². The highest BCUT2D eigenvalue weighted by molar-refractivity contribution is 7.92. The highest BCUT2D eigenvalue weighted by Crippen LogP contribution is 2.27. The van der Waals surface area contributed by atoms with E-state index in [-0.39, 0.29) is 17.1 Å². The summed E-state index contributed by atoms with van der Waals surface area (Å²) in [4.78, 5) is 14.7. The summed E-state index contributed by atoms with van der Waals surface area (Å²) in [5.74, 6) is 0.231. The average Bonchev–Trinajstić information content (AvgIpc) is 3.30. The monoisotopic (exact) mass is 430 g/mol. The van der Waals surface area contributed by atoms with E-state index in [1.807, 2.05) is 19.1 Å². The summed E-state index contributed by atoms with van der Waals surface area (Å²) in [7, 11) is -3.71. The van der Waals surface area contributed by atoms with Crippen LogP contribution in [-0.4, -0.2) is 51.8 Å². The van der Waals surface area contributed by atoms with Crippen LogP contribution in [0.1, 0.15) is 28.8 Å². The van der Waals surface area contributed by atoms with Crippen molar-refractivity contribution < 1.29 is 22.7 Å². The van der Waals surface area contributed by atoms with Gasteiger partial charge in [0.25, 0.3) is 15.9 Å². The fourth-order valence-corrected chi connectivity index (χ4v) is 4.88. The second kappa shape index (κ2) is 8.75. The molecule has 2 saturated heterocycles. The van der Waals surface area contributed by atoms with Gasteiger partial charge in [0.05, 0.1) is 18.1 Å². The molecule has 2 aromatic rings. The second-order valence-corrected chi connectivity index (χ2v) is 9.42. The van der Waals surface area contributed by atoms with E-state index in [1.165, 1.54) is 12.1 Å². The van der Waals surface area contributed by atoms with Gasteiger partial charge in [0.1, 0.15) is 0 Å². The number of nitrogens with one attached hydrogen (secondary N) is 1. The summed E-state index contributed by atoms with van der Waals surface area (Å²) in [6.07, 6.45) is 1.53. The molecule has 30 heavy (non-hydrogen) atoms. The fourth-order valence-electron chi connectivity index (χ4n) is 3.82. The minimum absolute atomic E-state index is 0.0860. The predicted molar refractivity (Wildman–Crippen MR) is 113 cm³/mol. The van der Waals surface area contributed by atoms with Crippen molar-refractivity contribution in [2.24, 2.45) is 5.92 Å². The van der Waals surface area contributed by atoms with Crippen LogP contribution in [0.3, 0.4) is 0 Å². The number of benzene rings is 2. The van der Waals surface area contributed by atoms with Gasteiger partial charge in [-0.05, 0) is 56.2 Å². The highest BCUT2D eigenvalue weighted by atomic mass is 32.2. The van der Waals surface area contributed by atoms with Gasteiger partial charge < -0.3 is 14.4 Å². The number of likely N-dealkylation sites (tertiary alicyclic amines) is 1. The van der Waals surface area contributed by atoms with Crippen molar-refractivity contribution in [3.05, 3.63) is 59.7 Å². The molecule has 2 aliphatic rings. The maximum absolute atomic E-state index is 12.8. The summed E-state index contributed by atoms with van der Waals surface area (Å²) < 4.78 is 38.9. The normalized spacial score (nSPS) is 18.5. The number of aryl methyl sites for hydroxylation is 1. The first kappa shape index (κ1) is 20.8. The average molecular weight is 431 g/mol. The number of carbonyl (C=O) groups excluding carboxylic acids is 1. The Kier molecular flexibility index (Phi) is 6.08. The number of nitrogens with zero attached hydrogens (tertiary/aromatic N) is 1. The summed E-state index contributed by atoms with van der Waals surface area (Å²) in [6, 6.07) is 13.2. The van der Waals surface area contributed by atoms with Gasteiger partial charge in [-0.25, -0.2) is 8.42 Å². The third-order valence-electron chi connectivity index (χ3n) is 5.57. The second-order valence-electron chi connectivity index (χ2n) is 7.74. The number of hydrogen-bond acceptors (Lipinski definition) is 5. The van der Waals surface area contributed by atoms with Crippen LogP contribution < -0.4 is 4.72 Å². The molecule has 2 aromatic carbocycles. The molecule has 1 amide bonds. The Morgan fingerprint density at radius 2 is 1.57 bits per heavy atom. The number of anilines is 1. The van der Waals surface area contributed by atoms with Gasteiger partial charge in [-0.2, -0.15) is 0 Å². The van der Waals surface area contributed by atoms with E-state index >= 15 is 0 Å². The molecule has 0 aliphatic carbocycles. The lowest BCUT2D eigenvalue weighted by atomic mass is 9.95. The van der Waals surface area contributed by atoms with Crippen molar-refractivity contribution in [3.63, 3.8) is 0 Å². The molecule has 0 unspecified atom stereocenters. The van der Waals surface area contributed by atoms with Crippen molar-refractivity contribution in [3.8, 4) is 0 Å². The first-order valence-electron chi connectivity index (χ1n) is 10.1. The standard InChI is InChI=1S/C22H26N2O5S/c1-16-2-6-19(7-3-16)23-30(26,27)20-8-4-17(5-9-20)21(25)24-12-10-18(11-13-24)22-28-14-15-29-22/h2-9,18,22-23H,10-15H2,1H3. The van der Waals surface area contributed by atoms with Crippen LogP contribution in [0.4, 0.5) is 5.69 Å². The molecule has 0 spiro atoms. The smallest absolute Gasteiger partial charge is 0.261 e. The third-order valence-corrected chi connectivity index (χ3v) is 6.97. The van der Waals surface area contributed by atoms with Gasteiger partial charge in [0.15, 0.2) is 6.29 Å². The predicted octanol–water partition coefficient (Wildman–Crippen LogP) is 3.02. The van der Waals surface area contributed by atoms with E-state index in [0.717, 1.165) is 18.4 Å². The van der Waals surface area contributed by atoms with Crippen LogP contribution >= 0.6 is 0 Å². The van der Waals surface area contributed by atoms with Gasteiger partial charge in [0, 0.05) is 30.3 Å². The number of ether oxygens (including phenoxy) is 2. The fraction of sp³-hybridized carbons (Fsp3) is 0.409. The molecule has 0 saturated carbocycles. The molecule has 2 heterocycles. The molecule has 2 fully saturated rings. The number of piperidine rings is 1. The Morgan fingerprint density at radius 1 is 0.967 bits per heavy atom. The summed E-state index contributed by atoms with van der Waals surface area (Å²) >= 11 is 0. The quantitative estimate of drug-likeness (QED) is 0.788. The van der Waals surface area contributed by atoms with Crippen LogP contribution in [0, 0.1) is 12.8 Å². The lowest BCUT2D eigenvalue weighted by Crippen LogP contribution is -2.41. The minimum Gasteiger partial charge on any atom is -0.350 e. The lowest BCUT2D eigenvalue weighted by molar-refractivity contribution is -0.0956. The maximum Gasteiger partial charge on any atom is 0.261 e. The summed E-state index contributed by atoms with van der Waals surface area (Å²) in [5.41, 5.74) is 2.03. The van der Waals surface area contributed by atoms with E-state index in [4.69, 9.17) is 9.47 Å². The van der Waals surface area contributed by atoms with Gasteiger partial charge in [-0.1, -0.05) is 17.7 Å². The van der Waals surface area contributed by atoms with Crippen molar-refractivity contribution in [2.75, 3.05) is 31.0 Å². The van der Waals surface area contributed by atoms with E-state index in [2.05, 4.69) is 4.72 Å². The lowest BCUT2D eigenvalue weighted by Gasteiger charge is -2.33. The Balaban J connectivity index is 1.38. The molecular weight excluding hydrogens is 404 g/mol. The molecule has 8 heteroatoms. The van der Waals surface area contributed by atoms with Crippen molar-refractivity contribution >= 4 is 21.6 Å². The number of carbonyl (C=O) groups is 1.